The van der Waals surface area contributed by atoms with Crippen molar-refractivity contribution in [1.82, 2.24) is 4.90 Å². The summed E-state index contributed by atoms with van der Waals surface area (Å²) in [5.74, 6) is -3.93. The Morgan fingerprint density at radius 3 is 2.13 bits per heavy atom. The number of hydrogen-bond acceptors (Lipinski definition) is 1. The Kier molecular flexibility index (Phi) is 4.08. The van der Waals surface area contributed by atoms with Crippen molar-refractivity contribution in [2.45, 2.75) is 6.54 Å². The first kappa shape index (κ1) is 12.0. The predicted molar refractivity (Wildman–Crippen MR) is 48.6 cm³/mol. The average Bonchev–Trinajstić information content (AvgIpc) is 2.14. The summed E-state index contributed by atoms with van der Waals surface area (Å²) in [5.41, 5.74) is 0.280. The van der Waals surface area contributed by atoms with Gasteiger partial charge < -0.3 is 0 Å². The van der Waals surface area contributed by atoms with Gasteiger partial charge in [0.05, 0.1) is 0 Å². The highest BCUT2D eigenvalue weighted by molar-refractivity contribution is 5.19. The summed E-state index contributed by atoms with van der Waals surface area (Å²) in [6, 6.07) is 1.82. The van der Waals surface area contributed by atoms with E-state index in [1.807, 2.05) is 0 Å². The lowest BCUT2D eigenvalue weighted by Gasteiger charge is -2.14. The van der Waals surface area contributed by atoms with Crippen LogP contribution in [0.2, 0.25) is 0 Å². The van der Waals surface area contributed by atoms with E-state index in [-0.39, 0.29) is 18.7 Å². The summed E-state index contributed by atoms with van der Waals surface area (Å²) in [5, 5.41) is 0. The maximum Gasteiger partial charge on any atom is 0.194 e. The molecule has 15 heavy (non-hydrogen) atoms. The SMILES string of the molecule is CN(CCF)Cc1cc(F)c(F)c(F)c1. The predicted octanol–water partition coefficient (Wildman–Crippen LogP) is 2.51. The molecule has 0 saturated carbocycles. The lowest BCUT2D eigenvalue weighted by Crippen LogP contribution is -2.20. The standard InChI is InChI=1S/C10H11F4N/c1-15(3-2-11)6-7-4-8(12)10(14)9(13)5-7/h4-5H,2-3,6H2,1H3. The third kappa shape index (κ3) is 3.20. The lowest BCUT2D eigenvalue weighted by atomic mass is 10.2. The monoisotopic (exact) mass is 221 g/mol. The number of alkyl halides is 1. The third-order valence-corrected chi connectivity index (χ3v) is 1.96. The van der Waals surface area contributed by atoms with Crippen molar-refractivity contribution in [3.63, 3.8) is 0 Å². The maximum atomic E-state index is 12.8. The molecule has 0 fully saturated rings. The number of nitrogens with zero attached hydrogens (tertiary/aromatic N) is 1. The van der Waals surface area contributed by atoms with Gasteiger partial charge in [0.25, 0.3) is 0 Å². The second-order valence-corrected chi connectivity index (χ2v) is 3.30. The van der Waals surface area contributed by atoms with Crippen LogP contribution in [0, 0.1) is 17.5 Å². The van der Waals surface area contributed by atoms with Gasteiger partial charge in [-0.1, -0.05) is 0 Å². The van der Waals surface area contributed by atoms with E-state index >= 15 is 0 Å². The van der Waals surface area contributed by atoms with E-state index in [9.17, 15) is 17.6 Å². The first-order valence-corrected chi connectivity index (χ1v) is 4.42. The quantitative estimate of drug-likeness (QED) is 0.557. The molecule has 0 saturated heterocycles. The average molecular weight is 221 g/mol. The number of rotatable bonds is 4. The van der Waals surface area contributed by atoms with Gasteiger partial charge in [-0.3, -0.25) is 4.90 Å². The summed E-state index contributed by atoms with van der Waals surface area (Å²) in [7, 11) is 1.61. The fraction of sp³-hybridized carbons (Fsp3) is 0.400. The molecule has 84 valence electrons. The van der Waals surface area contributed by atoms with Gasteiger partial charge in [-0.15, -0.1) is 0 Å². The molecule has 0 atom stereocenters. The molecule has 0 N–H and O–H groups in total. The summed E-state index contributed by atoms with van der Waals surface area (Å²) < 4.78 is 50.0. The van der Waals surface area contributed by atoms with Crippen LogP contribution in [0.1, 0.15) is 5.56 Å². The van der Waals surface area contributed by atoms with Gasteiger partial charge in [-0.2, -0.15) is 0 Å². The molecule has 1 aromatic rings. The Labute approximate surface area is 85.3 Å². The van der Waals surface area contributed by atoms with Crippen LogP contribution in [0.25, 0.3) is 0 Å². The molecule has 0 aliphatic carbocycles. The second-order valence-electron chi connectivity index (χ2n) is 3.30. The van der Waals surface area contributed by atoms with Crippen molar-refractivity contribution in [3.8, 4) is 0 Å². The summed E-state index contributed by atoms with van der Waals surface area (Å²) >= 11 is 0. The van der Waals surface area contributed by atoms with E-state index < -0.39 is 24.1 Å². The smallest absolute Gasteiger partial charge is 0.194 e. The molecule has 1 rings (SSSR count). The van der Waals surface area contributed by atoms with E-state index in [4.69, 9.17) is 0 Å². The van der Waals surface area contributed by atoms with E-state index in [0.29, 0.717) is 0 Å². The fourth-order valence-corrected chi connectivity index (χ4v) is 1.23. The molecular weight excluding hydrogens is 210 g/mol. The van der Waals surface area contributed by atoms with E-state index in [0.717, 1.165) is 12.1 Å². The number of hydrogen-bond donors (Lipinski definition) is 0. The molecule has 0 unspecified atom stereocenters. The summed E-state index contributed by atoms with van der Waals surface area (Å²) in [4.78, 5) is 1.55. The van der Waals surface area contributed by atoms with Gasteiger partial charge in [0.2, 0.25) is 0 Å². The molecule has 5 heteroatoms. The number of benzene rings is 1. The van der Waals surface area contributed by atoms with E-state index in [1.165, 1.54) is 0 Å². The first-order valence-electron chi connectivity index (χ1n) is 4.42. The van der Waals surface area contributed by atoms with Crippen molar-refractivity contribution >= 4 is 0 Å². The summed E-state index contributed by atoms with van der Waals surface area (Å²) in [6.45, 7) is -0.193. The zero-order valence-electron chi connectivity index (χ0n) is 8.24. The molecule has 0 aliphatic heterocycles. The van der Waals surface area contributed by atoms with Gasteiger partial charge >= 0.3 is 0 Å². The van der Waals surface area contributed by atoms with Crippen LogP contribution in [0.5, 0.6) is 0 Å². The van der Waals surface area contributed by atoms with Gasteiger partial charge in [0, 0.05) is 13.1 Å². The lowest BCUT2D eigenvalue weighted by molar-refractivity contribution is 0.287. The first-order chi connectivity index (χ1) is 7.04. The Morgan fingerprint density at radius 1 is 1.13 bits per heavy atom. The molecule has 0 heterocycles. The Balaban J connectivity index is 2.78. The van der Waals surface area contributed by atoms with Crippen molar-refractivity contribution in [1.29, 1.82) is 0 Å². The maximum absolute atomic E-state index is 12.8. The number of halogens is 4. The van der Waals surface area contributed by atoms with Crippen LogP contribution in [-0.2, 0) is 6.54 Å². The zero-order chi connectivity index (χ0) is 11.4. The van der Waals surface area contributed by atoms with E-state index in [2.05, 4.69) is 0 Å². The minimum absolute atomic E-state index is 0.167. The van der Waals surface area contributed by atoms with Crippen LogP contribution in [-0.4, -0.2) is 25.2 Å². The highest BCUT2D eigenvalue weighted by atomic mass is 19.2. The van der Waals surface area contributed by atoms with Crippen molar-refractivity contribution < 1.29 is 17.6 Å². The van der Waals surface area contributed by atoms with Crippen molar-refractivity contribution in [2.75, 3.05) is 20.3 Å². The zero-order valence-corrected chi connectivity index (χ0v) is 8.24. The molecule has 0 bridgehead atoms. The van der Waals surface area contributed by atoms with Crippen LogP contribution in [0.3, 0.4) is 0 Å². The van der Waals surface area contributed by atoms with Gasteiger partial charge in [0.1, 0.15) is 6.67 Å². The highest BCUT2D eigenvalue weighted by Gasteiger charge is 2.11. The normalized spacial score (nSPS) is 11.1. The minimum atomic E-state index is -1.48. The molecule has 1 aromatic carbocycles. The highest BCUT2D eigenvalue weighted by Crippen LogP contribution is 2.14. The molecule has 0 aliphatic rings. The van der Waals surface area contributed by atoms with Gasteiger partial charge in [-0.25, -0.2) is 17.6 Å². The Hall–Kier alpha value is -1.10. The second kappa shape index (κ2) is 5.11. The topological polar surface area (TPSA) is 3.24 Å². The molecule has 0 amide bonds. The molecule has 0 spiro atoms. The third-order valence-electron chi connectivity index (χ3n) is 1.96. The minimum Gasteiger partial charge on any atom is -0.300 e. The van der Waals surface area contributed by atoms with Crippen LogP contribution < -0.4 is 0 Å². The van der Waals surface area contributed by atoms with Crippen molar-refractivity contribution in [3.05, 3.63) is 35.1 Å². The largest absolute Gasteiger partial charge is 0.300 e. The van der Waals surface area contributed by atoms with Gasteiger partial charge in [0.15, 0.2) is 17.5 Å². The fourth-order valence-electron chi connectivity index (χ4n) is 1.23. The van der Waals surface area contributed by atoms with E-state index in [1.54, 1.807) is 11.9 Å². The summed E-state index contributed by atoms with van der Waals surface area (Å²) in [6.07, 6.45) is 0. The Morgan fingerprint density at radius 2 is 1.67 bits per heavy atom. The van der Waals surface area contributed by atoms with Gasteiger partial charge in [-0.05, 0) is 24.7 Å². The van der Waals surface area contributed by atoms with Crippen molar-refractivity contribution in [2.24, 2.45) is 0 Å². The molecule has 0 radical (unpaired) electrons. The molecule has 1 nitrogen and oxygen atoms in total. The van der Waals surface area contributed by atoms with Crippen LogP contribution in [0.15, 0.2) is 12.1 Å². The Bertz CT molecular complexity index is 317. The molecular formula is C10H11F4N. The van der Waals surface area contributed by atoms with Crippen LogP contribution in [0.4, 0.5) is 17.6 Å². The van der Waals surface area contributed by atoms with Crippen LogP contribution >= 0.6 is 0 Å². The molecule has 0 aromatic heterocycles.